The SMILES string of the molecule is COc1cc(C=Nn2c(-c3cc4cc(Br)ccc4o3)nc3ccccc3c2=O)c(Br)cc1OCc1ccc(Cl)c(Cl)c1. The van der Waals surface area contributed by atoms with Crippen LogP contribution in [0.15, 0.2) is 102 Å². The van der Waals surface area contributed by atoms with Crippen LogP contribution < -0.4 is 15.0 Å². The number of para-hydroxylation sites is 1. The maximum absolute atomic E-state index is 13.6. The van der Waals surface area contributed by atoms with Crippen molar-refractivity contribution in [2.24, 2.45) is 5.10 Å². The summed E-state index contributed by atoms with van der Waals surface area (Å²) in [6.07, 6.45) is 1.55. The van der Waals surface area contributed by atoms with Crippen LogP contribution >= 0.6 is 55.1 Å². The van der Waals surface area contributed by atoms with Crippen molar-refractivity contribution >= 4 is 83.1 Å². The number of nitrogens with zero attached hydrogens (tertiary/aromatic N) is 3. The zero-order valence-electron chi connectivity index (χ0n) is 21.8. The van der Waals surface area contributed by atoms with Crippen molar-refractivity contribution in [3.63, 3.8) is 0 Å². The number of methoxy groups -OCH3 is 1. The molecule has 0 unspecified atom stereocenters. The number of aromatic nitrogens is 2. The molecule has 6 rings (SSSR count). The van der Waals surface area contributed by atoms with Gasteiger partial charge in [0.1, 0.15) is 12.2 Å². The van der Waals surface area contributed by atoms with Crippen LogP contribution in [0.5, 0.6) is 11.5 Å². The molecule has 0 radical (unpaired) electrons. The molecule has 0 aliphatic heterocycles. The average Bonchev–Trinajstić information content (AvgIpc) is 3.41. The van der Waals surface area contributed by atoms with E-state index in [2.05, 4.69) is 37.0 Å². The highest BCUT2D eigenvalue weighted by Crippen LogP contribution is 2.34. The standard InChI is InChI=1S/C31H19Br2Cl2N3O4/c1-40-27-13-19(22(33)14-28(27)41-16-17-6-8-23(34)24(35)10-17)15-36-38-30(37-25-5-3-2-4-21(25)31(38)39)29-12-18-11-20(32)7-9-26(18)42-29/h2-15H,16H2,1H3. The van der Waals surface area contributed by atoms with E-state index in [-0.39, 0.29) is 18.0 Å². The van der Waals surface area contributed by atoms with E-state index in [4.69, 9.17) is 42.1 Å². The first-order valence-corrected chi connectivity index (χ1v) is 14.8. The lowest BCUT2D eigenvalue weighted by Gasteiger charge is -2.13. The number of hydrogen-bond acceptors (Lipinski definition) is 6. The van der Waals surface area contributed by atoms with Gasteiger partial charge in [-0.25, -0.2) is 4.98 Å². The van der Waals surface area contributed by atoms with E-state index in [1.54, 1.807) is 55.8 Å². The summed E-state index contributed by atoms with van der Waals surface area (Å²) in [6.45, 7) is 0.253. The van der Waals surface area contributed by atoms with Gasteiger partial charge in [0, 0.05) is 19.9 Å². The molecule has 0 saturated carbocycles. The zero-order chi connectivity index (χ0) is 29.4. The second kappa shape index (κ2) is 11.9. The molecule has 42 heavy (non-hydrogen) atoms. The third-order valence-corrected chi connectivity index (χ3v) is 8.35. The second-order valence-electron chi connectivity index (χ2n) is 9.17. The maximum Gasteiger partial charge on any atom is 0.282 e. The van der Waals surface area contributed by atoms with Gasteiger partial charge >= 0.3 is 0 Å². The highest BCUT2D eigenvalue weighted by atomic mass is 79.9. The van der Waals surface area contributed by atoms with Crippen molar-refractivity contribution < 1.29 is 13.9 Å². The molecule has 6 aromatic rings. The predicted octanol–water partition coefficient (Wildman–Crippen LogP) is 9.11. The van der Waals surface area contributed by atoms with Crippen molar-refractivity contribution in [3.8, 4) is 23.1 Å². The normalized spacial score (nSPS) is 11.5. The van der Waals surface area contributed by atoms with Crippen molar-refractivity contribution in [3.05, 3.63) is 119 Å². The molecule has 0 spiro atoms. The summed E-state index contributed by atoms with van der Waals surface area (Å²) in [7, 11) is 1.55. The quantitative estimate of drug-likeness (QED) is 0.153. The molecule has 0 N–H and O–H groups in total. The lowest BCUT2D eigenvalue weighted by molar-refractivity contribution is 0.284. The highest BCUT2D eigenvalue weighted by molar-refractivity contribution is 9.10. The number of benzene rings is 4. The fraction of sp³-hybridized carbons (Fsp3) is 0.0645. The number of furan rings is 1. The Morgan fingerprint density at radius 1 is 0.976 bits per heavy atom. The fourth-order valence-corrected chi connectivity index (χ4v) is 5.47. The summed E-state index contributed by atoms with van der Waals surface area (Å²) < 4.78 is 20.5. The van der Waals surface area contributed by atoms with Crippen LogP contribution in [-0.2, 0) is 6.61 Å². The first-order chi connectivity index (χ1) is 20.3. The first kappa shape index (κ1) is 28.5. The molecule has 0 atom stereocenters. The van der Waals surface area contributed by atoms with Gasteiger partial charge in [0.15, 0.2) is 17.3 Å². The number of halogens is 4. The molecular formula is C31H19Br2Cl2N3O4. The van der Waals surface area contributed by atoms with Crippen LogP contribution in [0.3, 0.4) is 0 Å². The van der Waals surface area contributed by atoms with Crippen LogP contribution in [0, 0.1) is 0 Å². The lowest BCUT2D eigenvalue weighted by Crippen LogP contribution is -2.20. The Bertz CT molecular complexity index is 2070. The van der Waals surface area contributed by atoms with Gasteiger partial charge in [-0.1, -0.05) is 57.3 Å². The van der Waals surface area contributed by atoms with Gasteiger partial charge < -0.3 is 13.9 Å². The molecule has 0 fully saturated rings. The Morgan fingerprint density at radius 3 is 2.62 bits per heavy atom. The van der Waals surface area contributed by atoms with Gasteiger partial charge in [-0.05, 0) is 82.2 Å². The molecular weight excluding hydrogens is 709 g/mol. The molecule has 0 aliphatic rings. The summed E-state index contributed by atoms with van der Waals surface area (Å²) in [6, 6.07) is 23.5. The Kier molecular flexibility index (Phi) is 8.09. The van der Waals surface area contributed by atoms with E-state index in [9.17, 15) is 4.79 Å². The van der Waals surface area contributed by atoms with Gasteiger partial charge in [-0.15, -0.1) is 0 Å². The van der Waals surface area contributed by atoms with E-state index < -0.39 is 0 Å². The van der Waals surface area contributed by atoms with E-state index in [0.717, 1.165) is 15.4 Å². The van der Waals surface area contributed by atoms with Gasteiger partial charge in [0.05, 0.1) is 34.3 Å². The van der Waals surface area contributed by atoms with E-state index >= 15 is 0 Å². The van der Waals surface area contributed by atoms with Crippen molar-refractivity contribution in [2.45, 2.75) is 6.61 Å². The van der Waals surface area contributed by atoms with Crippen LogP contribution in [-0.4, -0.2) is 23.0 Å². The summed E-state index contributed by atoms with van der Waals surface area (Å²) in [4.78, 5) is 18.4. The number of ether oxygens (including phenoxy) is 2. The molecule has 0 amide bonds. The van der Waals surface area contributed by atoms with E-state index in [1.165, 1.54) is 4.68 Å². The van der Waals surface area contributed by atoms with Crippen molar-refractivity contribution in [1.29, 1.82) is 0 Å². The molecule has 2 aromatic heterocycles. The summed E-state index contributed by atoms with van der Waals surface area (Å²) in [5.41, 5.74) is 2.36. The molecule has 0 aliphatic carbocycles. The van der Waals surface area contributed by atoms with Crippen LogP contribution in [0.2, 0.25) is 10.0 Å². The number of hydrogen-bond donors (Lipinski definition) is 0. The molecule has 0 saturated heterocycles. The monoisotopic (exact) mass is 725 g/mol. The fourth-order valence-electron chi connectivity index (χ4n) is 4.35. The summed E-state index contributed by atoms with van der Waals surface area (Å²) in [5.74, 6) is 1.66. The summed E-state index contributed by atoms with van der Waals surface area (Å²) in [5, 5.41) is 6.78. The number of fused-ring (bicyclic) bond motifs is 2. The Balaban J connectivity index is 1.38. The largest absolute Gasteiger partial charge is 0.493 e. The van der Waals surface area contributed by atoms with Gasteiger partial charge in [-0.2, -0.15) is 9.78 Å². The summed E-state index contributed by atoms with van der Waals surface area (Å²) >= 11 is 19.2. The van der Waals surface area contributed by atoms with Crippen molar-refractivity contribution in [2.75, 3.05) is 7.11 Å². The Labute approximate surface area is 266 Å². The molecule has 4 aromatic carbocycles. The molecule has 0 bridgehead atoms. The van der Waals surface area contributed by atoms with E-state index in [0.29, 0.717) is 53.8 Å². The minimum Gasteiger partial charge on any atom is -0.493 e. The maximum atomic E-state index is 13.6. The molecule has 7 nitrogen and oxygen atoms in total. The minimum absolute atomic E-state index is 0.253. The average molecular weight is 728 g/mol. The predicted molar refractivity (Wildman–Crippen MR) is 173 cm³/mol. The number of rotatable bonds is 7. The van der Waals surface area contributed by atoms with E-state index in [1.807, 2.05) is 36.4 Å². The third kappa shape index (κ3) is 5.70. The van der Waals surface area contributed by atoms with Gasteiger partial charge in [-0.3, -0.25) is 4.79 Å². The third-order valence-electron chi connectivity index (χ3n) is 6.43. The highest BCUT2D eigenvalue weighted by Gasteiger charge is 2.17. The minimum atomic E-state index is -0.335. The smallest absolute Gasteiger partial charge is 0.282 e. The lowest BCUT2D eigenvalue weighted by atomic mass is 10.2. The topological polar surface area (TPSA) is 78.9 Å². The second-order valence-corrected chi connectivity index (χ2v) is 11.8. The Hall–Kier alpha value is -3.63. The Morgan fingerprint density at radius 2 is 1.81 bits per heavy atom. The molecule has 2 heterocycles. The first-order valence-electron chi connectivity index (χ1n) is 12.5. The van der Waals surface area contributed by atoms with Crippen LogP contribution in [0.4, 0.5) is 0 Å². The molecule has 11 heteroatoms. The van der Waals surface area contributed by atoms with Crippen LogP contribution in [0.1, 0.15) is 11.1 Å². The van der Waals surface area contributed by atoms with Crippen LogP contribution in [0.25, 0.3) is 33.5 Å². The molecule has 210 valence electrons. The van der Waals surface area contributed by atoms with Gasteiger partial charge in [0.25, 0.3) is 5.56 Å². The zero-order valence-corrected chi connectivity index (χ0v) is 26.5. The van der Waals surface area contributed by atoms with Gasteiger partial charge in [0.2, 0.25) is 5.82 Å². The van der Waals surface area contributed by atoms with Crippen molar-refractivity contribution in [1.82, 2.24) is 9.66 Å².